The topological polar surface area (TPSA) is 107 Å². The Morgan fingerprint density at radius 2 is 1.66 bits per heavy atom. The third-order valence-electron chi connectivity index (χ3n) is 5.08. The third-order valence-corrected chi connectivity index (χ3v) is 6.42. The number of sulfonamides is 1. The molecule has 0 aliphatic carbocycles. The summed E-state index contributed by atoms with van der Waals surface area (Å²) in [6, 6.07) is 22.5. The van der Waals surface area contributed by atoms with Gasteiger partial charge in [0.25, 0.3) is 10.0 Å². The summed E-state index contributed by atoms with van der Waals surface area (Å²) in [5, 5.41) is 10.5. The van der Waals surface area contributed by atoms with Crippen LogP contribution in [0.1, 0.15) is 19.8 Å². The molecule has 0 radical (unpaired) electrons. The van der Waals surface area contributed by atoms with Crippen LogP contribution in [0.3, 0.4) is 0 Å². The van der Waals surface area contributed by atoms with Crippen molar-refractivity contribution in [2.24, 2.45) is 5.92 Å². The predicted molar refractivity (Wildman–Crippen MR) is 122 cm³/mol. The van der Waals surface area contributed by atoms with E-state index in [1.165, 1.54) is 17.0 Å². The normalized spacial score (nSPS) is 12.0. The number of nitriles is 1. The number of nitrogens with one attached hydrogen (secondary N) is 1. The van der Waals surface area contributed by atoms with E-state index in [4.69, 9.17) is 5.26 Å². The first-order valence-electron chi connectivity index (χ1n) is 10.2. The van der Waals surface area contributed by atoms with Crippen molar-refractivity contribution >= 4 is 38.3 Å². The van der Waals surface area contributed by atoms with E-state index in [0.717, 1.165) is 5.39 Å². The minimum absolute atomic E-state index is 0.0633. The first-order valence-corrected chi connectivity index (χ1v) is 11.6. The second-order valence-corrected chi connectivity index (χ2v) is 8.83. The van der Waals surface area contributed by atoms with Gasteiger partial charge in [-0.15, -0.1) is 0 Å². The Morgan fingerprint density at radius 3 is 2.31 bits per heavy atom. The van der Waals surface area contributed by atoms with E-state index in [1.807, 2.05) is 22.9 Å². The number of nitrogens with zero attached hydrogens (tertiary/aromatic N) is 2. The van der Waals surface area contributed by atoms with Gasteiger partial charge in [0, 0.05) is 18.7 Å². The number of hydrogen-bond donors (Lipinski definition) is 1. The summed E-state index contributed by atoms with van der Waals surface area (Å²) in [4.78, 5) is 27.5. The Kier molecular flexibility index (Phi) is 7.23. The molecule has 0 saturated carbocycles. The van der Waals surface area contributed by atoms with E-state index < -0.39 is 27.8 Å². The first kappa shape index (κ1) is 23.0. The summed E-state index contributed by atoms with van der Waals surface area (Å²) in [5.41, 5.74) is 0.590. The average Bonchev–Trinajstić information content (AvgIpc) is 2.80. The fourth-order valence-corrected chi connectivity index (χ4v) is 4.49. The molecule has 164 valence electrons. The Labute approximate surface area is 187 Å². The van der Waals surface area contributed by atoms with Crippen molar-refractivity contribution in [1.82, 2.24) is 4.72 Å². The molecule has 7 nitrogen and oxygen atoms in total. The smallest absolute Gasteiger partial charge is 0.264 e. The van der Waals surface area contributed by atoms with Gasteiger partial charge < -0.3 is 4.90 Å². The standard InChI is InChI=1S/C24H23N3O4S/c1-2-27(20-11-4-3-5-12-20)24(29)22(13-8-16-25)23(28)26-32(30,31)21-15-14-18-9-6-7-10-19(18)17-21/h3-7,9-12,14-15,17,22H,2,8,13H2,1H3,(H,26,28). The van der Waals surface area contributed by atoms with Crippen LogP contribution < -0.4 is 9.62 Å². The minimum atomic E-state index is -4.20. The monoisotopic (exact) mass is 449 g/mol. The third kappa shape index (κ3) is 5.13. The zero-order valence-electron chi connectivity index (χ0n) is 17.6. The van der Waals surface area contributed by atoms with Gasteiger partial charge in [0.15, 0.2) is 0 Å². The molecule has 1 unspecified atom stereocenters. The molecular formula is C24H23N3O4S. The number of para-hydroxylation sites is 1. The number of rotatable bonds is 8. The molecule has 0 aliphatic heterocycles. The first-order chi connectivity index (χ1) is 15.4. The second kappa shape index (κ2) is 10.1. The zero-order chi connectivity index (χ0) is 23.1. The van der Waals surface area contributed by atoms with Crippen molar-refractivity contribution in [3.8, 4) is 6.07 Å². The maximum Gasteiger partial charge on any atom is 0.264 e. The fourth-order valence-electron chi connectivity index (χ4n) is 3.43. The van der Waals surface area contributed by atoms with Gasteiger partial charge in [-0.3, -0.25) is 9.59 Å². The Balaban J connectivity index is 1.87. The molecule has 0 fully saturated rings. The van der Waals surface area contributed by atoms with E-state index in [-0.39, 0.29) is 24.3 Å². The SMILES string of the molecule is CCN(C(=O)C(CCC#N)C(=O)NS(=O)(=O)c1ccc2ccccc2c1)c1ccccc1. The number of fused-ring (bicyclic) bond motifs is 1. The summed E-state index contributed by atoms with van der Waals surface area (Å²) in [6.07, 6.45) is -0.149. The second-order valence-electron chi connectivity index (χ2n) is 7.15. The number of hydrogen-bond acceptors (Lipinski definition) is 5. The van der Waals surface area contributed by atoms with Crippen LogP contribution in [0.15, 0.2) is 77.7 Å². The molecule has 0 saturated heterocycles. The maximum atomic E-state index is 13.2. The van der Waals surface area contributed by atoms with Gasteiger partial charge in [-0.1, -0.05) is 48.5 Å². The lowest BCUT2D eigenvalue weighted by molar-refractivity contribution is -0.132. The van der Waals surface area contributed by atoms with Gasteiger partial charge >= 0.3 is 0 Å². The van der Waals surface area contributed by atoms with Crippen LogP contribution in [-0.2, 0) is 19.6 Å². The molecule has 3 rings (SSSR count). The highest BCUT2D eigenvalue weighted by Crippen LogP contribution is 2.22. The summed E-state index contributed by atoms with van der Waals surface area (Å²) < 4.78 is 27.8. The van der Waals surface area contributed by atoms with Gasteiger partial charge in [0.05, 0.1) is 11.0 Å². The minimum Gasteiger partial charge on any atom is -0.312 e. The Hall–Kier alpha value is -3.70. The maximum absolute atomic E-state index is 13.2. The highest BCUT2D eigenvalue weighted by molar-refractivity contribution is 7.90. The highest BCUT2D eigenvalue weighted by atomic mass is 32.2. The van der Waals surface area contributed by atoms with Gasteiger partial charge in [0.2, 0.25) is 11.8 Å². The van der Waals surface area contributed by atoms with Gasteiger partial charge in [-0.05, 0) is 48.4 Å². The molecule has 32 heavy (non-hydrogen) atoms. The van der Waals surface area contributed by atoms with Crippen molar-refractivity contribution in [3.05, 3.63) is 72.8 Å². The van der Waals surface area contributed by atoms with Gasteiger partial charge in [-0.2, -0.15) is 5.26 Å². The molecule has 8 heteroatoms. The number of amides is 2. The fraction of sp³-hybridized carbons (Fsp3) is 0.208. The van der Waals surface area contributed by atoms with Gasteiger partial charge in [0.1, 0.15) is 5.92 Å². The van der Waals surface area contributed by atoms with Crippen LogP contribution in [0.25, 0.3) is 10.8 Å². The molecule has 1 N–H and O–H groups in total. The average molecular weight is 450 g/mol. The summed E-state index contributed by atoms with van der Waals surface area (Å²) >= 11 is 0. The molecule has 0 aliphatic rings. The van der Waals surface area contributed by atoms with E-state index >= 15 is 0 Å². The molecule has 1 atom stereocenters. The quantitative estimate of drug-likeness (QED) is 0.529. The largest absolute Gasteiger partial charge is 0.312 e. The van der Waals surface area contributed by atoms with Gasteiger partial charge in [-0.25, -0.2) is 13.1 Å². The van der Waals surface area contributed by atoms with Crippen LogP contribution in [0.2, 0.25) is 0 Å². The number of benzene rings is 3. The van der Waals surface area contributed by atoms with Crippen molar-refractivity contribution in [1.29, 1.82) is 5.26 Å². The summed E-state index contributed by atoms with van der Waals surface area (Å²) in [5.74, 6) is -2.82. The summed E-state index contributed by atoms with van der Waals surface area (Å²) in [6.45, 7) is 2.05. The Bertz CT molecular complexity index is 1270. The van der Waals surface area contributed by atoms with Crippen molar-refractivity contribution in [2.75, 3.05) is 11.4 Å². The van der Waals surface area contributed by atoms with Crippen molar-refractivity contribution < 1.29 is 18.0 Å². The molecule has 0 aromatic heterocycles. The molecule has 0 spiro atoms. The van der Waals surface area contributed by atoms with Crippen LogP contribution in [0, 0.1) is 17.2 Å². The molecular weight excluding hydrogens is 426 g/mol. The van der Waals surface area contributed by atoms with Crippen LogP contribution in [0.5, 0.6) is 0 Å². The highest BCUT2D eigenvalue weighted by Gasteiger charge is 2.33. The van der Waals surface area contributed by atoms with E-state index in [9.17, 15) is 18.0 Å². The molecule has 2 amide bonds. The molecule has 3 aromatic rings. The number of anilines is 1. The molecule has 3 aromatic carbocycles. The molecule has 0 heterocycles. The lowest BCUT2D eigenvalue weighted by Gasteiger charge is -2.25. The van der Waals surface area contributed by atoms with Crippen molar-refractivity contribution in [2.45, 2.75) is 24.7 Å². The van der Waals surface area contributed by atoms with E-state index in [1.54, 1.807) is 55.5 Å². The van der Waals surface area contributed by atoms with E-state index in [0.29, 0.717) is 11.1 Å². The number of carbonyl (C=O) groups excluding carboxylic acids is 2. The predicted octanol–water partition coefficient (Wildman–Crippen LogP) is 3.62. The van der Waals surface area contributed by atoms with Crippen molar-refractivity contribution in [3.63, 3.8) is 0 Å². The zero-order valence-corrected chi connectivity index (χ0v) is 18.4. The Morgan fingerprint density at radius 1 is 1.00 bits per heavy atom. The van der Waals surface area contributed by atoms with Crippen LogP contribution >= 0.6 is 0 Å². The summed E-state index contributed by atoms with van der Waals surface area (Å²) in [7, 11) is -4.20. The lowest BCUT2D eigenvalue weighted by Crippen LogP contribution is -2.45. The van der Waals surface area contributed by atoms with E-state index in [2.05, 4.69) is 0 Å². The molecule has 0 bridgehead atoms. The van der Waals surface area contributed by atoms with Crippen LogP contribution in [0.4, 0.5) is 5.69 Å². The van der Waals surface area contributed by atoms with Crippen LogP contribution in [-0.4, -0.2) is 26.8 Å². The lowest BCUT2D eigenvalue weighted by atomic mass is 10.0. The number of carbonyl (C=O) groups is 2.